The van der Waals surface area contributed by atoms with E-state index in [1.54, 1.807) is 0 Å². The van der Waals surface area contributed by atoms with Gasteiger partial charge in [-0.25, -0.2) is 0 Å². The molecule has 1 aromatic heterocycles. The van der Waals surface area contributed by atoms with Crippen molar-refractivity contribution in [1.82, 2.24) is 15.0 Å². The molecule has 1 saturated carbocycles. The van der Waals surface area contributed by atoms with Crippen LogP contribution in [-0.4, -0.2) is 47.0 Å². The third-order valence-electron chi connectivity index (χ3n) is 6.02. The van der Waals surface area contributed by atoms with Gasteiger partial charge in [-0.3, -0.25) is 9.69 Å². The lowest BCUT2D eigenvalue weighted by molar-refractivity contribution is -0.138. The Labute approximate surface area is 138 Å². The molecule has 4 heterocycles. The van der Waals surface area contributed by atoms with Crippen LogP contribution < -0.4 is 0 Å². The van der Waals surface area contributed by atoms with Crippen molar-refractivity contribution in [2.45, 2.75) is 63.5 Å². The summed E-state index contributed by atoms with van der Waals surface area (Å²) in [6, 6.07) is 2.52. The van der Waals surface area contributed by atoms with Gasteiger partial charge >= 0.3 is 0 Å². The molecule has 1 aromatic rings. The zero-order valence-electron chi connectivity index (χ0n) is 14.0. The van der Waals surface area contributed by atoms with Crippen molar-refractivity contribution in [2.24, 2.45) is 5.92 Å². The zero-order valence-corrected chi connectivity index (χ0v) is 14.0. The third kappa shape index (κ3) is 3.03. The molecule has 4 fully saturated rings. The van der Waals surface area contributed by atoms with Crippen LogP contribution in [0.25, 0.3) is 0 Å². The molecule has 2 atom stereocenters. The summed E-state index contributed by atoms with van der Waals surface area (Å²) in [6.45, 7) is 2.60. The number of amides is 1. The van der Waals surface area contributed by atoms with Crippen molar-refractivity contribution in [3.63, 3.8) is 0 Å². The number of nitrogens with zero attached hydrogens (tertiary/aromatic N) is 3. The lowest BCUT2D eigenvalue weighted by atomic mass is 9.87. The summed E-state index contributed by atoms with van der Waals surface area (Å²) in [4.78, 5) is 16.6. The number of hydrogen-bond donors (Lipinski definition) is 0. The number of hydrogen-bond acceptors (Lipinski definition) is 4. The first-order chi connectivity index (χ1) is 11.2. The molecule has 5 heteroatoms. The molecular formula is C18H27N3O2. The maximum Gasteiger partial charge on any atom is 0.227 e. The first-order valence-electron chi connectivity index (χ1n) is 9.15. The average molecular weight is 317 g/mol. The fraction of sp³-hybridized carbons (Fsp3) is 0.778. The van der Waals surface area contributed by atoms with Crippen molar-refractivity contribution in [3.05, 3.63) is 17.5 Å². The van der Waals surface area contributed by atoms with Crippen LogP contribution in [0.5, 0.6) is 0 Å². The van der Waals surface area contributed by atoms with E-state index in [4.69, 9.17) is 4.52 Å². The summed E-state index contributed by atoms with van der Waals surface area (Å²) < 4.78 is 5.62. The number of rotatable bonds is 3. The lowest BCUT2D eigenvalue weighted by Gasteiger charge is -2.32. The predicted molar refractivity (Wildman–Crippen MR) is 86.9 cm³/mol. The van der Waals surface area contributed by atoms with E-state index < -0.39 is 0 Å². The van der Waals surface area contributed by atoms with Crippen molar-refractivity contribution >= 4 is 5.91 Å². The van der Waals surface area contributed by atoms with Gasteiger partial charge in [0.05, 0.1) is 18.2 Å². The van der Waals surface area contributed by atoms with E-state index in [2.05, 4.69) is 16.1 Å². The lowest BCUT2D eigenvalue weighted by Crippen LogP contribution is -2.45. The highest BCUT2D eigenvalue weighted by atomic mass is 16.5. The van der Waals surface area contributed by atoms with E-state index in [1.807, 2.05) is 11.9 Å². The van der Waals surface area contributed by atoms with Crippen LogP contribution in [0.1, 0.15) is 62.3 Å². The highest BCUT2D eigenvalue weighted by Crippen LogP contribution is 2.33. The molecule has 0 spiro atoms. The minimum absolute atomic E-state index is 0.166. The Morgan fingerprint density at radius 1 is 1.13 bits per heavy atom. The van der Waals surface area contributed by atoms with Crippen LogP contribution in [0.4, 0.5) is 0 Å². The van der Waals surface area contributed by atoms with E-state index in [9.17, 15) is 4.79 Å². The van der Waals surface area contributed by atoms with Gasteiger partial charge in [0.15, 0.2) is 5.76 Å². The molecule has 0 unspecified atom stereocenters. The normalized spacial score (nSPS) is 30.0. The molecule has 126 valence electrons. The van der Waals surface area contributed by atoms with Crippen LogP contribution in [0.15, 0.2) is 10.6 Å². The third-order valence-corrected chi connectivity index (χ3v) is 6.02. The Morgan fingerprint density at radius 3 is 2.78 bits per heavy atom. The molecule has 3 saturated heterocycles. The second-order valence-electron chi connectivity index (χ2n) is 7.62. The maximum atomic E-state index is 12.3. The number of piperidine rings is 1. The summed E-state index contributed by atoms with van der Waals surface area (Å²) in [5.74, 6) is 2.04. The van der Waals surface area contributed by atoms with Crippen molar-refractivity contribution in [2.75, 3.05) is 20.1 Å². The van der Waals surface area contributed by atoms with Gasteiger partial charge < -0.3 is 9.42 Å². The average Bonchev–Trinajstić information content (AvgIpc) is 2.89. The van der Waals surface area contributed by atoms with Gasteiger partial charge in [-0.2, -0.15) is 0 Å². The van der Waals surface area contributed by atoms with Gasteiger partial charge in [0, 0.05) is 38.2 Å². The topological polar surface area (TPSA) is 49.6 Å². The molecule has 3 aliphatic heterocycles. The van der Waals surface area contributed by atoms with E-state index in [1.165, 1.54) is 32.1 Å². The van der Waals surface area contributed by atoms with Crippen molar-refractivity contribution < 1.29 is 9.32 Å². The van der Waals surface area contributed by atoms with Crippen molar-refractivity contribution in [1.29, 1.82) is 0 Å². The van der Waals surface area contributed by atoms with E-state index in [0.29, 0.717) is 17.9 Å². The first-order valence-corrected chi connectivity index (χ1v) is 9.15. The molecular weight excluding hydrogens is 290 g/mol. The largest absolute Gasteiger partial charge is 0.360 e. The number of carbonyl (C=O) groups excluding carboxylic acids is 1. The summed E-state index contributed by atoms with van der Waals surface area (Å²) in [7, 11) is 1.96. The quantitative estimate of drug-likeness (QED) is 0.860. The summed E-state index contributed by atoms with van der Waals surface area (Å²) in [6.07, 6.45) is 8.66. The molecule has 2 bridgehead atoms. The highest BCUT2D eigenvalue weighted by Gasteiger charge is 2.38. The van der Waals surface area contributed by atoms with Gasteiger partial charge in [-0.15, -0.1) is 0 Å². The van der Waals surface area contributed by atoms with E-state index >= 15 is 0 Å². The number of fused-ring (bicyclic) bond motifs is 4. The molecule has 4 aliphatic rings. The Bertz CT molecular complexity index is 564. The van der Waals surface area contributed by atoms with E-state index in [0.717, 1.165) is 43.9 Å². The van der Waals surface area contributed by atoms with Crippen LogP contribution in [0, 0.1) is 5.92 Å². The number of likely N-dealkylation sites (N-methyl/N-ethyl adjacent to an activating group) is 1. The van der Waals surface area contributed by atoms with Gasteiger partial charge in [0.1, 0.15) is 0 Å². The van der Waals surface area contributed by atoms with Crippen molar-refractivity contribution in [3.8, 4) is 0 Å². The molecule has 0 radical (unpaired) electrons. The molecule has 0 aromatic carbocycles. The molecule has 1 aliphatic carbocycles. The monoisotopic (exact) mass is 317 g/mol. The SMILES string of the molecule is CN1C(=O)[C@@H]2CC[C@H]1CN(Cc1cc(C3CCCCC3)no1)C2. The Hall–Kier alpha value is -1.36. The second-order valence-corrected chi connectivity index (χ2v) is 7.62. The van der Waals surface area contributed by atoms with Crippen LogP contribution >= 0.6 is 0 Å². The Kier molecular flexibility index (Phi) is 4.14. The first kappa shape index (κ1) is 15.2. The molecule has 5 rings (SSSR count). The smallest absolute Gasteiger partial charge is 0.227 e. The molecule has 1 amide bonds. The maximum absolute atomic E-state index is 12.3. The summed E-state index contributed by atoms with van der Waals surface area (Å²) in [5, 5.41) is 4.33. The van der Waals surface area contributed by atoms with E-state index in [-0.39, 0.29) is 5.92 Å². The summed E-state index contributed by atoms with van der Waals surface area (Å²) in [5.41, 5.74) is 1.14. The summed E-state index contributed by atoms with van der Waals surface area (Å²) >= 11 is 0. The van der Waals surface area contributed by atoms with Crippen LogP contribution in [0.2, 0.25) is 0 Å². The second kappa shape index (κ2) is 6.27. The number of carbonyl (C=O) groups is 1. The van der Waals surface area contributed by atoms with Crippen LogP contribution in [-0.2, 0) is 11.3 Å². The van der Waals surface area contributed by atoms with Gasteiger partial charge in [-0.1, -0.05) is 24.4 Å². The van der Waals surface area contributed by atoms with Gasteiger partial charge in [0.2, 0.25) is 5.91 Å². The van der Waals surface area contributed by atoms with Crippen LogP contribution in [0.3, 0.4) is 0 Å². The zero-order chi connectivity index (χ0) is 15.8. The highest BCUT2D eigenvalue weighted by molar-refractivity contribution is 5.80. The van der Waals surface area contributed by atoms with Gasteiger partial charge in [-0.05, 0) is 25.7 Å². The fourth-order valence-electron chi connectivity index (χ4n) is 4.59. The van der Waals surface area contributed by atoms with Gasteiger partial charge in [0.25, 0.3) is 0 Å². The molecule has 0 N–H and O–H groups in total. The Balaban J connectivity index is 1.42. The standard InChI is InChI=1S/C18H27N3O2/c1-20-15-8-7-14(18(20)22)10-21(11-15)12-16-9-17(19-23-16)13-5-3-2-4-6-13/h9,13-15H,2-8,10-12H2,1H3/t14-,15+/m1/s1. The minimum atomic E-state index is 0.166. The fourth-order valence-corrected chi connectivity index (χ4v) is 4.59. The minimum Gasteiger partial charge on any atom is -0.360 e. The Morgan fingerprint density at radius 2 is 1.96 bits per heavy atom. The number of aromatic nitrogens is 1. The molecule has 23 heavy (non-hydrogen) atoms. The molecule has 5 nitrogen and oxygen atoms in total. The predicted octanol–water partition coefficient (Wildman–Crippen LogP) is 2.77.